The molecule has 7 heteroatoms. The Morgan fingerprint density at radius 3 is 2.61 bits per heavy atom. The quantitative estimate of drug-likeness (QED) is 0.467. The summed E-state index contributed by atoms with van der Waals surface area (Å²) in [6, 6.07) is 3.09. The second-order valence-corrected chi connectivity index (χ2v) is 4.63. The number of hydrazine groups is 1. The molecular formula is C11H18ClN5O. The Bertz CT molecular complexity index is 424. The van der Waals surface area contributed by atoms with Crippen molar-refractivity contribution in [3.8, 4) is 0 Å². The fourth-order valence-electron chi connectivity index (χ4n) is 1.37. The zero-order valence-electron chi connectivity index (χ0n) is 10.8. The Kier molecular flexibility index (Phi) is 5.33. The van der Waals surface area contributed by atoms with Crippen LogP contribution in [0, 0.1) is 0 Å². The number of carbonyl (C=O) groups excluding carboxylic acids is 1. The monoisotopic (exact) mass is 271 g/mol. The lowest BCUT2D eigenvalue weighted by molar-refractivity contribution is 0.0786. The van der Waals surface area contributed by atoms with Crippen LogP contribution in [-0.2, 0) is 0 Å². The van der Waals surface area contributed by atoms with Crippen LogP contribution >= 0.6 is 11.6 Å². The number of hydrogen-bond donors (Lipinski definition) is 2. The van der Waals surface area contributed by atoms with Gasteiger partial charge in [-0.1, -0.05) is 11.6 Å². The van der Waals surface area contributed by atoms with E-state index in [-0.39, 0.29) is 11.1 Å². The Morgan fingerprint density at radius 2 is 2.06 bits per heavy atom. The Labute approximate surface area is 112 Å². The van der Waals surface area contributed by atoms with Crippen LogP contribution in [0.3, 0.4) is 0 Å². The third kappa shape index (κ3) is 4.14. The van der Waals surface area contributed by atoms with Gasteiger partial charge in [-0.2, -0.15) is 0 Å². The van der Waals surface area contributed by atoms with Gasteiger partial charge in [-0.25, -0.2) is 10.8 Å². The van der Waals surface area contributed by atoms with Gasteiger partial charge < -0.3 is 15.2 Å². The van der Waals surface area contributed by atoms with E-state index in [4.69, 9.17) is 17.4 Å². The van der Waals surface area contributed by atoms with Crippen LogP contribution in [-0.4, -0.2) is 54.9 Å². The first kappa shape index (κ1) is 14.7. The van der Waals surface area contributed by atoms with Gasteiger partial charge in [0.25, 0.3) is 5.91 Å². The zero-order chi connectivity index (χ0) is 13.7. The van der Waals surface area contributed by atoms with Gasteiger partial charge in [0.15, 0.2) is 0 Å². The molecule has 0 aliphatic rings. The predicted octanol–water partition coefficient (Wildman–Crippen LogP) is 0.654. The number of hydrogen-bond acceptors (Lipinski definition) is 5. The van der Waals surface area contributed by atoms with Crippen molar-refractivity contribution in [3.05, 3.63) is 22.8 Å². The molecule has 1 aromatic heterocycles. The molecule has 0 aromatic carbocycles. The summed E-state index contributed by atoms with van der Waals surface area (Å²) in [5, 5.41) is 0.231. The molecule has 1 amide bonds. The molecule has 1 rings (SSSR count). The SMILES string of the molecule is CN(C)CCN(C)C(=O)c1cc(Cl)nc(NN)c1. The van der Waals surface area contributed by atoms with Gasteiger partial charge >= 0.3 is 0 Å². The molecule has 0 fully saturated rings. The van der Waals surface area contributed by atoms with Gasteiger partial charge in [0.05, 0.1) is 0 Å². The summed E-state index contributed by atoms with van der Waals surface area (Å²) < 4.78 is 0. The van der Waals surface area contributed by atoms with E-state index < -0.39 is 0 Å². The highest BCUT2D eigenvalue weighted by Crippen LogP contribution is 2.15. The lowest BCUT2D eigenvalue weighted by atomic mass is 10.2. The molecule has 18 heavy (non-hydrogen) atoms. The number of halogens is 1. The molecule has 0 aliphatic carbocycles. The minimum Gasteiger partial charge on any atom is -0.340 e. The van der Waals surface area contributed by atoms with E-state index >= 15 is 0 Å². The number of rotatable bonds is 5. The maximum Gasteiger partial charge on any atom is 0.253 e. The summed E-state index contributed by atoms with van der Waals surface area (Å²) in [6.45, 7) is 1.43. The molecule has 0 saturated heterocycles. The van der Waals surface area contributed by atoms with Gasteiger partial charge in [-0.15, -0.1) is 0 Å². The molecule has 0 atom stereocenters. The van der Waals surface area contributed by atoms with Crippen molar-refractivity contribution in [2.24, 2.45) is 5.84 Å². The highest BCUT2D eigenvalue weighted by molar-refractivity contribution is 6.29. The van der Waals surface area contributed by atoms with Crippen LogP contribution in [0.4, 0.5) is 5.82 Å². The second kappa shape index (κ2) is 6.53. The molecule has 3 N–H and O–H groups in total. The molecule has 6 nitrogen and oxygen atoms in total. The summed E-state index contributed by atoms with van der Waals surface area (Å²) in [6.07, 6.45) is 0. The van der Waals surface area contributed by atoms with Crippen LogP contribution in [0.1, 0.15) is 10.4 Å². The van der Waals surface area contributed by atoms with E-state index in [2.05, 4.69) is 10.4 Å². The Balaban J connectivity index is 2.79. The zero-order valence-corrected chi connectivity index (χ0v) is 11.5. The van der Waals surface area contributed by atoms with Crippen LogP contribution < -0.4 is 11.3 Å². The smallest absolute Gasteiger partial charge is 0.253 e. The number of likely N-dealkylation sites (N-methyl/N-ethyl adjacent to an activating group) is 2. The molecule has 1 aromatic rings. The fraction of sp³-hybridized carbons (Fsp3) is 0.455. The van der Waals surface area contributed by atoms with E-state index in [9.17, 15) is 4.79 Å². The molecule has 100 valence electrons. The predicted molar refractivity (Wildman–Crippen MR) is 72.6 cm³/mol. The number of nitrogen functional groups attached to an aromatic ring is 1. The lowest BCUT2D eigenvalue weighted by Gasteiger charge is -2.20. The van der Waals surface area contributed by atoms with Crippen LogP contribution in [0.2, 0.25) is 5.15 Å². The van der Waals surface area contributed by atoms with Crippen molar-refractivity contribution < 1.29 is 4.79 Å². The lowest BCUT2D eigenvalue weighted by Crippen LogP contribution is -2.33. The van der Waals surface area contributed by atoms with E-state index in [0.29, 0.717) is 17.9 Å². The van der Waals surface area contributed by atoms with Gasteiger partial charge in [0.1, 0.15) is 11.0 Å². The van der Waals surface area contributed by atoms with E-state index in [0.717, 1.165) is 6.54 Å². The number of carbonyl (C=O) groups is 1. The summed E-state index contributed by atoms with van der Waals surface area (Å²) in [5.41, 5.74) is 2.84. The van der Waals surface area contributed by atoms with Crippen molar-refractivity contribution in [1.82, 2.24) is 14.8 Å². The largest absolute Gasteiger partial charge is 0.340 e. The van der Waals surface area contributed by atoms with Crippen molar-refractivity contribution in [2.75, 3.05) is 39.7 Å². The van der Waals surface area contributed by atoms with E-state index in [1.54, 1.807) is 18.0 Å². The van der Waals surface area contributed by atoms with E-state index in [1.807, 2.05) is 19.0 Å². The van der Waals surface area contributed by atoms with Crippen LogP contribution in [0.15, 0.2) is 12.1 Å². The summed E-state index contributed by atoms with van der Waals surface area (Å²) in [4.78, 5) is 19.7. The number of nitrogens with one attached hydrogen (secondary N) is 1. The Morgan fingerprint density at radius 1 is 1.39 bits per heavy atom. The summed E-state index contributed by atoms with van der Waals surface area (Å²) in [7, 11) is 5.66. The van der Waals surface area contributed by atoms with Crippen molar-refractivity contribution in [3.63, 3.8) is 0 Å². The average molecular weight is 272 g/mol. The van der Waals surface area contributed by atoms with E-state index in [1.165, 1.54) is 6.07 Å². The van der Waals surface area contributed by atoms with Crippen molar-refractivity contribution in [1.29, 1.82) is 0 Å². The molecule has 1 heterocycles. The number of nitrogens with two attached hydrogens (primary N) is 1. The van der Waals surface area contributed by atoms with Gasteiger partial charge in [-0.05, 0) is 26.2 Å². The van der Waals surface area contributed by atoms with Crippen LogP contribution in [0.25, 0.3) is 0 Å². The van der Waals surface area contributed by atoms with Crippen molar-refractivity contribution in [2.45, 2.75) is 0 Å². The molecule has 0 spiro atoms. The van der Waals surface area contributed by atoms with Crippen molar-refractivity contribution >= 4 is 23.3 Å². The molecule has 0 aliphatic heterocycles. The minimum absolute atomic E-state index is 0.113. The number of aromatic nitrogens is 1. The normalized spacial score (nSPS) is 10.6. The topological polar surface area (TPSA) is 74.5 Å². The number of amides is 1. The third-order valence-electron chi connectivity index (χ3n) is 2.42. The maximum atomic E-state index is 12.1. The molecule has 0 radical (unpaired) electrons. The first-order valence-electron chi connectivity index (χ1n) is 5.48. The highest BCUT2D eigenvalue weighted by atomic mass is 35.5. The highest BCUT2D eigenvalue weighted by Gasteiger charge is 2.13. The molecule has 0 unspecified atom stereocenters. The molecular weight excluding hydrogens is 254 g/mol. The standard InChI is InChI=1S/C11H18ClN5O/c1-16(2)4-5-17(3)11(18)8-6-9(12)14-10(7-8)15-13/h6-7H,4-5,13H2,1-3H3,(H,14,15). The fourth-order valence-corrected chi connectivity index (χ4v) is 1.57. The summed E-state index contributed by atoms with van der Waals surface area (Å²) >= 11 is 5.82. The molecule has 0 bridgehead atoms. The molecule has 0 saturated carbocycles. The third-order valence-corrected chi connectivity index (χ3v) is 2.61. The van der Waals surface area contributed by atoms with Crippen LogP contribution in [0.5, 0.6) is 0 Å². The van der Waals surface area contributed by atoms with Gasteiger partial charge in [0, 0.05) is 25.7 Å². The number of nitrogens with zero attached hydrogens (tertiary/aromatic N) is 3. The average Bonchev–Trinajstić information content (AvgIpc) is 2.34. The minimum atomic E-state index is -0.113. The Hall–Kier alpha value is -1.37. The number of pyridine rings is 1. The first-order valence-corrected chi connectivity index (χ1v) is 5.86. The van der Waals surface area contributed by atoms with Gasteiger partial charge in [-0.3, -0.25) is 4.79 Å². The number of anilines is 1. The summed E-state index contributed by atoms with van der Waals surface area (Å²) in [5.74, 6) is 5.51. The second-order valence-electron chi connectivity index (χ2n) is 4.24. The first-order chi connectivity index (χ1) is 8.43. The maximum absolute atomic E-state index is 12.1. The van der Waals surface area contributed by atoms with Gasteiger partial charge in [0.2, 0.25) is 0 Å².